The number of carbonyl (C=O) groups excluding carboxylic acids is 1. The summed E-state index contributed by atoms with van der Waals surface area (Å²) in [5.41, 5.74) is 2.42. The summed E-state index contributed by atoms with van der Waals surface area (Å²) in [4.78, 5) is 14.3. The molecule has 3 rings (SSSR count). The monoisotopic (exact) mass is 386 g/mol. The Labute approximate surface area is 162 Å². The molecule has 2 aromatic carbocycles. The fraction of sp³-hybridized carbons (Fsp3) is 0.200. The average molecular weight is 386 g/mol. The van der Waals surface area contributed by atoms with Crippen LogP contribution in [0.15, 0.2) is 59.8 Å². The molecule has 0 bridgehead atoms. The molecule has 0 unspecified atom stereocenters. The molecule has 5 nitrogen and oxygen atoms in total. The molecule has 0 fully saturated rings. The first-order valence-electron chi connectivity index (χ1n) is 8.26. The summed E-state index contributed by atoms with van der Waals surface area (Å²) in [6, 6.07) is 12.8. The van der Waals surface area contributed by atoms with Crippen molar-refractivity contribution in [3.05, 3.63) is 71.2 Å². The number of hydrogen-bond acceptors (Lipinski definition) is 4. The summed E-state index contributed by atoms with van der Waals surface area (Å²) in [5.74, 6) is -0.227. The third-order valence-electron chi connectivity index (χ3n) is 4.42. The maximum atomic E-state index is 13.3. The maximum Gasteiger partial charge on any atom is 0.337 e. The van der Waals surface area contributed by atoms with Crippen LogP contribution in [0.2, 0.25) is 0 Å². The van der Waals surface area contributed by atoms with Crippen LogP contribution < -0.4 is 15.0 Å². The molecule has 27 heavy (non-hydrogen) atoms. The molecule has 1 aliphatic heterocycles. The number of allylic oxidation sites excluding steroid dienone is 1. The highest BCUT2D eigenvalue weighted by atomic mass is 32.1. The van der Waals surface area contributed by atoms with Gasteiger partial charge in [-0.3, -0.25) is 4.90 Å². The van der Waals surface area contributed by atoms with E-state index in [-0.39, 0.29) is 5.82 Å². The number of carbonyl (C=O) groups is 1. The van der Waals surface area contributed by atoms with Crippen LogP contribution in [0.1, 0.15) is 18.5 Å². The van der Waals surface area contributed by atoms with Gasteiger partial charge in [-0.15, -0.1) is 0 Å². The summed E-state index contributed by atoms with van der Waals surface area (Å²) >= 11 is 5.57. The third kappa shape index (κ3) is 3.50. The lowest BCUT2D eigenvalue weighted by Gasteiger charge is -2.37. The summed E-state index contributed by atoms with van der Waals surface area (Å²) in [5, 5.41) is 3.57. The lowest BCUT2D eigenvalue weighted by molar-refractivity contribution is -0.136. The maximum absolute atomic E-state index is 13.3. The van der Waals surface area contributed by atoms with Crippen molar-refractivity contribution in [3.8, 4) is 5.75 Å². The number of para-hydroxylation sites is 2. The fourth-order valence-corrected chi connectivity index (χ4v) is 3.48. The first-order chi connectivity index (χ1) is 13.0. The number of hydrogen-bond donors (Lipinski definition) is 1. The van der Waals surface area contributed by atoms with Crippen LogP contribution in [-0.4, -0.2) is 25.3 Å². The minimum Gasteiger partial charge on any atom is -0.495 e. The minimum absolute atomic E-state index is 0.354. The van der Waals surface area contributed by atoms with E-state index >= 15 is 0 Å². The number of esters is 1. The number of nitrogens with one attached hydrogen (secondary N) is 1. The highest BCUT2D eigenvalue weighted by Crippen LogP contribution is 2.37. The van der Waals surface area contributed by atoms with Crippen LogP contribution in [-0.2, 0) is 9.53 Å². The third-order valence-corrected chi connectivity index (χ3v) is 4.72. The zero-order valence-electron chi connectivity index (χ0n) is 15.2. The SMILES string of the molecule is COC(=O)C1=C(C)N(c2ccccc2OC)C(=S)N[C@@H]1c1ccc(F)cc1. The fourth-order valence-electron chi connectivity index (χ4n) is 3.13. The summed E-state index contributed by atoms with van der Waals surface area (Å²) < 4.78 is 23.8. The molecular weight excluding hydrogens is 367 g/mol. The summed E-state index contributed by atoms with van der Waals surface area (Å²) in [6.07, 6.45) is 0. The van der Waals surface area contributed by atoms with E-state index in [1.807, 2.05) is 24.3 Å². The van der Waals surface area contributed by atoms with E-state index in [0.29, 0.717) is 33.4 Å². The molecule has 1 N–H and O–H groups in total. The zero-order valence-corrected chi connectivity index (χ0v) is 16.0. The molecule has 1 aliphatic rings. The van der Waals surface area contributed by atoms with Gasteiger partial charge in [-0.1, -0.05) is 24.3 Å². The van der Waals surface area contributed by atoms with Crippen molar-refractivity contribution in [3.63, 3.8) is 0 Å². The zero-order chi connectivity index (χ0) is 19.6. The number of rotatable bonds is 4. The standard InChI is InChI=1S/C20H19FN2O3S/c1-12-17(19(24)26-3)18(13-8-10-14(21)11-9-13)22-20(27)23(12)15-6-4-5-7-16(15)25-2/h4-11,18H,1-3H3,(H,22,27)/t18-/m1/s1. The molecule has 0 aliphatic carbocycles. The van der Waals surface area contributed by atoms with Gasteiger partial charge >= 0.3 is 5.97 Å². The van der Waals surface area contributed by atoms with Gasteiger partial charge in [0.1, 0.15) is 11.6 Å². The highest BCUT2D eigenvalue weighted by Gasteiger charge is 2.36. The Morgan fingerprint density at radius 3 is 2.44 bits per heavy atom. The van der Waals surface area contributed by atoms with Crippen molar-refractivity contribution >= 4 is 29.0 Å². The average Bonchev–Trinajstić information content (AvgIpc) is 2.68. The van der Waals surface area contributed by atoms with Gasteiger partial charge in [-0.25, -0.2) is 9.18 Å². The molecule has 1 atom stereocenters. The van der Waals surface area contributed by atoms with E-state index in [9.17, 15) is 9.18 Å². The molecule has 7 heteroatoms. The first kappa shape index (κ1) is 18.8. The quantitative estimate of drug-likeness (QED) is 0.639. The van der Waals surface area contributed by atoms with Crippen LogP contribution >= 0.6 is 12.2 Å². The largest absolute Gasteiger partial charge is 0.495 e. The Morgan fingerprint density at radius 1 is 1.15 bits per heavy atom. The number of benzene rings is 2. The number of halogens is 1. The van der Waals surface area contributed by atoms with Crippen molar-refractivity contribution in [1.29, 1.82) is 0 Å². The lowest BCUT2D eigenvalue weighted by Crippen LogP contribution is -2.48. The van der Waals surface area contributed by atoms with E-state index < -0.39 is 12.0 Å². The Bertz CT molecular complexity index is 912. The van der Waals surface area contributed by atoms with E-state index in [1.165, 1.54) is 19.2 Å². The summed E-state index contributed by atoms with van der Waals surface area (Å²) in [6.45, 7) is 1.79. The minimum atomic E-state index is -0.545. The van der Waals surface area contributed by atoms with Crippen molar-refractivity contribution < 1.29 is 18.7 Å². The van der Waals surface area contributed by atoms with Gasteiger partial charge in [0.25, 0.3) is 0 Å². The highest BCUT2D eigenvalue weighted by molar-refractivity contribution is 7.80. The van der Waals surface area contributed by atoms with Crippen molar-refractivity contribution in [2.45, 2.75) is 13.0 Å². The van der Waals surface area contributed by atoms with Crippen LogP contribution in [0.4, 0.5) is 10.1 Å². The molecule has 0 amide bonds. The molecule has 0 radical (unpaired) electrons. The van der Waals surface area contributed by atoms with Gasteiger partial charge in [0, 0.05) is 5.70 Å². The first-order valence-corrected chi connectivity index (χ1v) is 8.67. The van der Waals surface area contributed by atoms with E-state index in [1.54, 1.807) is 31.1 Å². The molecule has 1 heterocycles. The molecule has 0 saturated heterocycles. The number of thiocarbonyl (C=S) groups is 1. The Kier molecular flexibility index (Phi) is 5.41. The number of nitrogens with zero attached hydrogens (tertiary/aromatic N) is 1. The number of anilines is 1. The van der Waals surface area contributed by atoms with Crippen LogP contribution in [0.3, 0.4) is 0 Å². The van der Waals surface area contributed by atoms with Crippen LogP contribution in [0, 0.1) is 5.82 Å². The number of methoxy groups -OCH3 is 2. The normalized spacial score (nSPS) is 16.8. The van der Waals surface area contributed by atoms with E-state index in [0.717, 1.165) is 0 Å². The van der Waals surface area contributed by atoms with E-state index in [4.69, 9.17) is 21.7 Å². The second-order valence-corrected chi connectivity index (χ2v) is 6.32. The summed E-state index contributed by atoms with van der Waals surface area (Å²) in [7, 11) is 2.89. The van der Waals surface area contributed by atoms with Gasteiger partial charge in [0.05, 0.1) is 31.5 Å². The van der Waals surface area contributed by atoms with Gasteiger partial charge in [0.2, 0.25) is 0 Å². The molecule has 0 saturated carbocycles. The second kappa shape index (κ2) is 7.75. The van der Waals surface area contributed by atoms with Gasteiger partial charge in [-0.05, 0) is 49.0 Å². The lowest BCUT2D eigenvalue weighted by atomic mass is 9.94. The molecule has 2 aromatic rings. The van der Waals surface area contributed by atoms with Gasteiger partial charge in [-0.2, -0.15) is 0 Å². The molecule has 0 aromatic heterocycles. The number of ether oxygens (including phenoxy) is 2. The molecule has 140 valence electrons. The van der Waals surface area contributed by atoms with Crippen molar-refractivity contribution in [1.82, 2.24) is 5.32 Å². The van der Waals surface area contributed by atoms with Crippen molar-refractivity contribution in [2.75, 3.05) is 19.1 Å². The van der Waals surface area contributed by atoms with Gasteiger partial charge < -0.3 is 14.8 Å². The Hall–Kier alpha value is -2.93. The van der Waals surface area contributed by atoms with Crippen LogP contribution in [0.5, 0.6) is 5.75 Å². The predicted octanol–water partition coefficient (Wildman–Crippen LogP) is 3.72. The predicted molar refractivity (Wildman–Crippen MR) is 105 cm³/mol. The van der Waals surface area contributed by atoms with Crippen molar-refractivity contribution in [2.24, 2.45) is 0 Å². The second-order valence-electron chi connectivity index (χ2n) is 5.93. The Morgan fingerprint density at radius 2 is 1.81 bits per heavy atom. The molecule has 0 spiro atoms. The van der Waals surface area contributed by atoms with E-state index in [2.05, 4.69) is 5.32 Å². The topological polar surface area (TPSA) is 50.8 Å². The van der Waals surface area contributed by atoms with Crippen LogP contribution in [0.25, 0.3) is 0 Å². The van der Waals surface area contributed by atoms with Gasteiger partial charge in [0.15, 0.2) is 5.11 Å². The molecular formula is C20H19FN2O3S. The Balaban J connectivity index is 2.16. The smallest absolute Gasteiger partial charge is 0.337 e.